The predicted molar refractivity (Wildman–Crippen MR) is 56.7 cm³/mol. The Morgan fingerprint density at radius 3 is 2.56 bits per heavy atom. The minimum Gasteiger partial charge on any atom is -0.395 e. The second kappa shape index (κ2) is 5.49. The van der Waals surface area contributed by atoms with Crippen molar-refractivity contribution in [3.05, 3.63) is 11.1 Å². The molecule has 1 aromatic heterocycles. The van der Waals surface area contributed by atoms with Crippen LogP contribution in [-0.2, 0) is 6.18 Å². The van der Waals surface area contributed by atoms with Gasteiger partial charge in [-0.05, 0) is 6.42 Å². The van der Waals surface area contributed by atoms with E-state index in [1.807, 2.05) is 6.92 Å². The van der Waals surface area contributed by atoms with E-state index in [0.29, 0.717) is 29.6 Å². The van der Waals surface area contributed by atoms with Gasteiger partial charge in [-0.25, -0.2) is 4.98 Å². The maximum absolute atomic E-state index is 12.3. The monoisotopic (exact) mass is 254 g/mol. The summed E-state index contributed by atoms with van der Waals surface area (Å²) in [4.78, 5) is 4.68. The number of aliphatic hydroxyl groups is 1. The zero-order chi connectivity index (χ0) is 12.2. The van der Waals surface area contributed by atoms with Crippen molar-refractivity contribution in [3.63, 3.8) is 0 Å². The van der Waals surface area contributed by atoms with Crippen molar-refractivity contribution in [2.75, 3.05) is 24.6 Å². The molecule has 0 aliphatic heterocycles. The summed E-state index contributed by atoms with van der Waals surface area (Å²) in [7, 11) is 0. The standard InChI is InChI=1S/C9H13F3N2OS/c1-2-3-14(4-5-15)8-13-6-7(16-8)9(10,11)12/h6,15H,2-5H2,1H3. The molecule has 1 aromatic rings. The SMILES string of the molecule is CCCN(CCO)c1ncc(C(F)(F)F)s1. The Bertz CT molecular complexity index is 321. The Labute approximate surface area is 95.5 Å². The summed E-state index contributed by atoms with van der Waals surface area (Å²) in [6.07, 6.45) is -2.71. The maximum atomic E-state index is 12.3. The van der Waals surface area contributed by atoms with Crippen molar-refractivity contribution in [1.29, 1.82) is 0 Å². The Hall–Kier alpha value is -0.820. The predicted octanol–water partition coefficient (Wildman–Crippen LogP) is 2.37. The largest absolute Gasteiger partial charge is 0.427 e. The van der Waals surface area contributed by atoms with Crippen LogP contribution >= 0.6 is 11.3 Å². The number of alkyl halides is 3. The van der Waals surface area contributed by atoms with Gasteiger partial charge in [-0.15, -0.1) is 0 Å². The van der Waals surface area contributed by atoms with Crippen LogP contribution in [0.1, 0.15) is 18.2 Å². The molecule has 0 aliphatic rings. The number of rotatable bonds is 5. The summed E-state index contributed by atoms with van der Waals surface area (Å²) in [5.74, 6) is 0. The van der Waals surface area contributed by atoms with E-state index in [2.05, 4.69) is 4.98 Å². The summed E-state index contributed by atoms with van der Waals surface area (Å²) < 4.78 is 37.0. The van der Waals surface area contributed by atoms with Gasteiger partial charge in [-0.1, -0.05) is 18.3 Å². The molecule has 0 fully saturated rings. The molecule has 0 saturated carbocycles. The third kappa shape index (κ3) is 3.34. The number of hydrogen-bond acceptors (Lipinski definition) is 4. The first-order valence-electron chi connectivity index (χ1n) is 4.88. The third-order valence-electron chi connectivity index (χ3n) is 1.91. The third-order valence-corrected chi connectivity index (χ3v) is 3.01. The highest BCUT2D eigenvalue weighted by atomic mass is 32.1. The minimum absolute atomic E-state index is 0.0963. The van der Waals surface area contributed by atoms with Crippen molar-refractivity contribution in [2.24, 2.45) is 0 Å². The molecule has 1 rings (SSSR count). The summed E-state index contributed by atoms with van der Waals surface area (Å²) in [5.41, 5.74) is 0. The van der Waals surface area contributed by atoms with Gasteiger partial charge in [0.05, 0.1) is 12.8 Å². The Balaban J connectivity index is 2.81. The van der Waals surface area contributed by atoms with Crippen LogP contribution in [0.15, 0.2) is 6.20 Å². The molecule has 1 heterocycles. The molecule has 0 radical (unpaired) electrons. The first-order valence-corrected chi connectivity index (χ1v) is 5.69. The second-order valence-electron chi connectivity index (χ2n) is 3.22. The van der Waals surface area contributed by atoms with E-state index in [-0.39, 0.29) is 6.61 Å². The lowest BCUT2D eigenvalue weighted by Gasteiger charge is -2.19. The first kappa shape index (κ1) is 13.2. The van der Waals surface area contributed by atoms with E-state index < -0.39 is 11.1 Å². The van der Waals surface area contributed by atoms with E-state index in [0.717, 1.165) is 12.6 Å². The Morgan fingerprint density at radius 2 is 2.12 bits per heavy atom. The van der Waals surface area contributed by atoms with Crippen molar-refractivity contribution in [1.82, 2.24) is 4.98 Å². The van der Waals surface area contributed by atoms with E-state index >= 15 is 0 Å². The molecule has 0 bridgehead atoms. The van der Waals surface area contributed by atoms with Crippen LogP contribution in [0, 0.1) is 0 Å². The van der Waals surface area contributed by atoms with Crippen molar-refractivity contribution in [2.45, 2.75) is 19.5 Å². The quantitative estimate of drug-likeness (QED) is 0.876. The van der Waals surface area contributed by atoms with Gasteiger partial charge in [-0.2, -0.15) is 13.2 Å². The number of aromatic nitrogens is 1. The molecule has 0 aliphatic carbocycles. The molecule has 16 heavy (non-hydrogen) atoms. The number of nitrogens with zero attached hydrogens (tertiary/aromatic N) is 2. The lowest BCUT2D eigenvalue weighted by atomic mass is 10.4. The molecule has 0 atom stereocenters. The number of aliphatic hydroxyl groups excluding tert-OH is 1. The van der Waals surface area contributed by atoms with Gasteiger partial charge in [0.25, 0.3) is 0 Å². The second-order valence-corrected chi connectivity index (χ2v) is 4.22. The van der Waals surface area contributed by atoms with Crippen LogP contribution in [-0.4, -0.2) is 29.8 Å². The van der Waals surface area contributed by atoms with Crippen LogP contribution in [0.4, 0.5) is 18.3 Å². The molecule has 0 saturated heterocycles. The van der Waals surface area contributed by atoms with E-state index in [1.54, 1.807) is 4.90 Å². The fraction of sp³-hybridized carbons (Fsp3) is 0.667. The van der Waals surface area contributed by atoms with Gasteiger partial charge in [0.15, 0.2) is 5.13 Å². The van der Waals surface area contributed by atoms with Crippen LogP contribution in [0.2, 0.25) is 0 Å². The molecule has 7 heteroatoms. The summed E-state index contributed by atoms with van der Waals surface area (Å²) in [5, 5.41) is 9.11. The highest BCUT2D eigenvalue weighted by Gasteiger charge is 2.33. The van der Waals surface area contributed by atoms with Gasteiger partial charge in [0.2, 0.25) is 0 Å². The van der Waals surface area contributed by atoms with Gasteiger partial charge < -0.3 is 10.0 Å². The lowest BCUT2D eigenvalue weighted by Crippen LogP contribution is -2.27. The smallest absolute Gasteiger partial charge is 0.395 e. The van der Waals surface area contributed by atoms with Crippen LogP contribution in [0.3, 0.4) is 0 Å². The van der Waals surface area contributed by atoms with Crippen LogP contribution in [0.5, 0.6) is 0 Å². The van der Waals surface area contributed by atoms with Crippen LogP contribution in [0.25, 0.3) is 0 Å². The number of halogens is 3. The molecule has 0 spiro atoms. The normalized spacial score (nSPS) is 11.8. The molecular weight excluding hydrogens is 241 g/mol. The molecule has 0 unspecified atom stereocenters. The fourth-order valence-corrected chi connectivity index (χ4v) is 2.07. The molecule has 92 valence electrons. The molecule has 3 nitrogen and oxygen atoms in total. The average Bonchev–Trinajstić information content (AvgIpc) is 2.65. The highest BCUT2D eigenvalue weighted by molar-refractivity contribution is 7.15. The number of hydrogen-bond donors (Lipinski definition) is 1. The topological polar surface area (TPSA) is 36.4 Å². The van der Waals surface area contributed by atoms with Gasteiger partial charge in [0, 0.05) is 13.1 Å². The fourth-order valence-electron chi connectivity index (χ4n) is 1.24. The highest BCUT2D eigenvalue weighted by Crippen LogP contribution is 2.36. The molecule has 1 N–H and O–H groups in total. The number of thiazole rings is 1. The first-order chi connectivity index (χ1) is 7.49. The summed E-state index contributed by atoms with van der Waals surface area (Å²) in [6, 6.07) is 0. The Morgan fingerprint density at radius 1 is 1.44 bits per heavy atom. The summed E-state index contributed by atoms with van der Waals surface area (Å²) >= 11 is 0.607. The van der Waals surface area contributed by atoms with Crippen molar-refractivity contribution in [3.8, 4) is 0 Å². The molecule has 0 aromatic carbocycles. The van der Waals surface area contributed by atoms with Crippen LogP contribution < -0.4 is 4.90 Å². The molecular formula is C9H13F3N2OS. The van der Waals surface area contributed by atoms with Crippen molar-refractivity contribution >= 4 is 16.5 Å². The molecule has 0 amide bonds. The van der Waals surface area contributed by atoms with E-state index in [9.17, 15) is 13.2 Å². The van der Waals surface area contributed by atoms with Crippen molar-refractivity contribution < 1.29 is 18.3 Å². The average molecular weight is 254 g/mol. The maximum Gasteiger partial charge on any atom is 0.427 e. The van der Waals surface area contributed by atoms with E-state index in [1.165, 1.54) is 0 Å². The van der Waals surface area contributed by atoms with Gasteiger partial charge in [0.1, 0.15) is 4.88 Å². The zero-order valence-electron chi connectivity index (χ0n) is 8.79. The lowest BCUT2D eigenvalue weighted by molar-refractivity contribution is -0.134. The summed E-state index contributed by atoms with van der Waals surface area (Å²) in [6.45, 7) is 2.72. The van der Waals surface area contributed by atoms with Gasteiger partial charge >= 0.3 is 6.18 Å². The van der Waals surface area contributed by atoms with Gasteiger partial charge in [-0.3, -0.25) is 0 Å². The Kier molecular flexibility index (Phi) is 4.55. The zero-order valence-corrected chi connectivity index (χ0v) is 9.61. The van der Waals surface area contributed by atoms with E-state index in [4.69, 9.17) is 5.11 Å². The number of anilines is 1. The minimum atomic E-state index is -4.34.